The lowest BCUT2D eigenvalue weighted by Crippen LogP contribution is -2.58. The van der Waals surface area contributed by atoms with E-state index in [0.717, 1.165) is 6.42 Å². The molecule has 3 aliphatic heterocycles. The van der Waals surface area contributed by atoms with E-state index in [4.69, 9.17) is 14.2 Å². The number of methoxy groups -OCH3 is 1. The van der Waals surface area contributed by atoms with Crippen LogP contribution in [0.2, 0.25) is 0 Å². The lowest BCUT2D eigenvalue weighted by atomic mass is 9.87. The lowest BCUT2D eigenvalue weighted by Gasteiger charge is -2.37. The first-order valence-electron chi connectivity index (χ1n) is 19.3. The van der Waals surface area contributed by atoms with Crippen LogP contribution in [0, 0.1) is 5.92 Å². The number of sulfonamides is 1. The van der Waals surface area contributed by atoms with Crippen LogP contribution in [-0.2, 0) is 35.6 Å². The molecular formula is C39H49F2N5O9S. The number of alkyl halides is 2. The number of carbonyl (C=O) groups is 4. The van der Waals surface area contributed by atoms with Gasteiger partial charge in [0, 0.05) is 23.3 Å². The molecule has 2 aromatic rings. The molecule has 0 unspecified atom stereocenters. The Kier molecular flexibility index (Phi) is 10.5. The molecule has 7 rings (SSSR count). The van der Waals surface area contributed by atoms with Crippen molar-refractivity contribution in [2.24, 2.45) is 5.92 Å². The standard InChI is InChI=1S/C39H49F2N5O9S/c1-22(2)54-36(50)43-28-11-9-7-5-6-8-10-23-19-39(23,35(49)45-56(51,52)37(3)16-17-37)44-33(47)29-20-38(21-46(29)34(28)48)15-14-25-26-18-24(53-4)12-13-27(26)42-30(32(40)41)31(25)55-38/h8,10,12-13,18,22-23,28-29,32H,5-7,9,11,14-17,19-21H2,1-4H3,(H,43,50)(H,44,47)(H,45,49)/b10-8-/t23-,28+,29+,38-,39-/m1/s1. The maximum Gasteiger partial charge on any atom is 0.408 e. The number of hydrogen-bond acceptors (Lipinski definition) is 10. The van der Waals surface area contributed by atoms with Gasteiger partial charge in [-0.15, -0.1) is 0 Å². The molecule has 2 aliphatic carbocycles. The first-order chi connectivity index (χ1) is 26.5. The van der Waals surface area contributed by atoms with Gasteiger partial charge in [0.25, 0.3) is 12.3 Å². The number of pyridine rings is 1. The van der Waals surface area contributed by atoms with Crippen molar-refractivity contribution in [1.82, 2.24) is 25.2 Å². The van der Waals surface area contributed by atoms with Gasteiger partial charge in [0.15, 0.2) is 5.75 Å². The molecule has 56 heavy (non-hydrogen) atoms. The van der Waals surface area contributed by atoms with Crippen molar-refractivity contribution in [3.63, 3.8) is 0 Å². The van der Waals surface area contributed by atoms with E-state index in [1.54, 1.807) is 39.0 Å². The third-order valence-electron chi connectivity index (χ3n) is 11.9. The van der Waals surface area contributed by atoms with Crippen molar-refractivity contribution in [2.75, 3.05) is 13.7 Å². The molecule has 3 fully saturated rings. The van der Waals surface area contributed by atoms with E-state index >= 15 is 0 Å². The highest BCUT2D eigenvalue weighted by Crippen LogP contribution is 2.50. The fourth-order valence-corrected chi connectivity index (χ4v) is 9.51. The topological polar surface area (TPSA) is 182 Å². The Morgan fingerprint density at radius 2 is 1.88 bits per heavy atom. The van der Waals surface area contributed by atoms with Gasteiger partial charge < -0.3 is 29.7 Å². The molecule has 2 saturated carbocycles. The monoisotopic (exact) mass is 801 g/mol. The molecule has 1 aromatic carbocycles. The SMILES string of the molecule is COc1ccc2nc(C(F)F)c3c(c2c1)CC[C@]1(C[C@H]2C(=O)N[C@]4(C(=O)NS(=O)(=O)C5(C)CC5)C[C@H]4/C=C\CCCCC[C@H](NC(=O)OC(C)C)C(=O)N2C1)O3. The molecule has 5 atom stereocenters. The van der Waals surface area contributed by atoms with Crippen LogP contribution in [0.15, 0.2) is 30.4 Å². The van der Waals surface area contributed by atoms with Crippen molar-refractivity contribution < 1.29 is 50.6 Å². The molecule has 4 heterocycles. The van der Waals surface area contributed by atoms with Gasteiger partial charge in [-0.1, -0.05) is 25.0 Å². The molecular weight excluding hydrogens is 753 g/mol. The predicted molar refractivity (Wildman–Crippen MR) is 199 cm³/mol. The second-order valence-electron chi connectivity index (χ2n) is 16.3. The van der Waals surface area contributed by atoms with Crippen molar-refractivity contribution in [1.29, 1.82) is 0 Å². The fourth-order valence-electron chi connectivity index (χ4n) is 8.20. The summed E-state index contributed by atoms with van der Waals surface area (Å²) in [6, 6.07) is 2.54. The van der Waals surface area contributed by atoms with Crippen LogP contribution in [0.1, 0.15) is 103 Å². The number of rotatable bonds is 7. The highest BCUT2D eigenvalue weighted by atomic mass is 32.2. The number of aromatic nitrogens is 1. The van der Waals surface area contributed by atoms with Crippen molar-refractivity contribution in [3.05, 3.63) is 41.6 Å². The zero-order valence-corrected chi connectivity index (χ0v) is 32.8. The van der Waals surface area contributed by atoms with Gasteiger partial charge in [0.2, 0.25) is 21.8 Å². The summed E-state index contributed by atoms with van der Waals surface area (Å²) in [5, 5.41) is 6.09. The van der Waals surface area contributed by atoms with Gasteiger partial charge >= 0.3 is 6.09 Å². The third-order valence-corrected chi connectivity index (χ3v) is 14.0. The summed E-state index contributed by atoms with van der Waals surface area (Å²) in [6.45, 7) is 4.70. The van der Waals surface area contributed by atoms with E-state index in [9.17, 15) is 36.4 Å². The van der Waals surface area contributed by atoms with Crippen LogP contribution >= 0.6 is 0 Å². The number of nitrogens with zero attached hydrogens (tertiary/aromatic N) is 2. The Hall–Kier alpha value is -4.54. The van der Waals surface area contributed by atoms with E-state index in [1.165, 1.54) is 12.0 Å². The smallest absolute Gasteiger partial charge is 0.408 e. The summed E-state index contributed by atoms with van der Waals surface area (Å²) in [7, 11) is -2.56. The summed E-state index contributed by atoms with van der Waals surface area (Å²) in [4.78, 5) is 61.6. The molecule has 17 heteroatoms. The molecule has 1 aromatic heterocycles. The first kappa shape index (κ1) is 39.7. The predicted octanol–water partition coefficient (Wildman–Crippen LogP) is 4.74. The Balaban J connectivity index is 1.26. The van der Waals surface area contributed by atoms with Gasteiger partial charge in [-0.2, -0.15) is 0 Å². The van der Waals surface area contributed by atoms with E-state index < -0.39 is 85.9 Å². The number of alkyl carbamates (subject to hydrolysis) is 1. The van der Waals surface area contributed by atoms with Gasteiger partial charge in [0.05, 0.1) is 30.0 Å². The number of hydrogen-bond donors (Lipinski definition) is 3. The normalized spacial score (nSPS) is 29.2. The lowest BCUT2D eigenvalue weighted by molar-refractivity contribution is -0.141. The number of aryl methyl sites for hydroxylation is 1. The van der Waals surface area contributed by atoms with Gasteiger partial charge in [-0.3, -0.25) is 19.1 Å². The number of nitrogens with one attached hydrogen (secondary N) is 3. The molecule has 5 aliphatic rings. The summed E-state index contributed by atoms with van der Waals surface area (Å²) in [5.74, 6) is -2.34. The summed E-state index contributed by atoms with van der Waals surface area (Å²) in [5.41, 5.74) is -2.68. The highest BCUT2D eigenvalue weighted by Gasteiger charge is 2.64. The number of ether oxygens (including phenoxy) is 3. The molecule has 14 nitrogen and oxygen atoms in total. The van der Waals surface area contributed by atoms with Crippen LogP contribution in [0.25, 0.3) is 10.9 Å². The minimum atomic E-state index is -4.05. The quantitative estimate of drug-likeness (QED) is 0.331. The van der Waals surface area contributed by atoms with Crippen LogP contribution in [0.3, 0.4) is 0 Å². The van der Waals surface area contributed by atoms with Crippen LogP contribution < -0.4 is 24.8 Å². The van der Waals surface area contributed by atoms with Crippen LogP contribution in [-0.4, -0.2) is 89.8 Å². The van der Waals surface area contributed by atoms with Gasteiger partial charge in [0.1, 0.15) is 34.7 Å². The second kappa shape index (κ2) is 14.8. The number of benzene rings is 1. The summed E-state index contributed by atoms with van der Waals surface area (Å²) >= 11 is 0. The highest BCUT2D eigenvalue weighted by molar-refractivity contribution is 7.91. The Labute approximate surface area is 324 Å². The van der Waals surface area contributed by atoms with Crippen molar-refractivity contribution >= 4 is 44.7 Å². The number of halogens is 2. The largest absolute Gasteiger partial charge is 0.497 e. The molecule has 0 bridgehead atoms. The molecule has 0 radical (unpaired) electrons. The molecule has 304 valence electrons. The minimum Gasteiger partial charge on any atom is -0.497 e. The molecule has 1 saturated heterocycles. The number of carbonyl (C=O) groups excluding carboxylic acids is 4. The Morgan fingerprint density at radius 1 is 1.11 bits per heavy atom. The van der Waals surface area contributed by atoms with Gasteiger partial charge in [-0.05, 0) is 90.3 Å². The van der Waals surface area contributed by atoms with Crippen molar-refractivity contribution in [3.8, 4) is 11.5 Å². The zero-order chi connectivity index (χ0) is 40.2. The summed E-state index contributed by atoms with van der Waals surface area (Å²) in [6.07, 6.45) is 3.57. The molecule has 3 N–H and O–H groups in total. The Morgan fingerprint density at radius 3 is 2.57 bits per heavy atom. The second-order valence-corrected chi connectivity index (χ2v) is 18.5. The van der Waals surface area contributed by atoms with Crippen molar-refractivity contribution in [2.45, 2.75) is 132 Å². The van der Waals surface area contributed by atoms with E-state index in [1.807, 2.05) is 12.2 Å². The molecule has 4 amide bonds. The average Bonchev–Trinajstić information content (AvgIpc) is 4.03. The number of amides is 4. The fraction of sp³-hybridized carbons (Fsp3) is 0.615. The van der Waals surface area contributed by atoms with E-state index in [0.29, 0.717) is 54.3 Å². The Bertz CT molecular complexity index is 2080. The van der Waals surface area contributed by atoms with Crippen LogP contribution in [0.4, 0.5) is 13.6 Å². The summed E-state index contributed by atoms with van der Waals surface area (Å²) < 4.78 is 74.1. The van der Waals surface area contributed by atoms with Gasteiger partial charge in [-0.25, -0.2) is 27.0 Å². The maximum absolute atomic E-state index is 14.7. The maximum atomic E-state index is 14.7. The molecule has 1 spiro atoms. The third kappa shape index (κ3) is 7.50. The average molecular weight is 802 g/mol. The van der Waals surface area contributed by atoms with Crippen LogP contribution in [0.5, 0.6) is 11.5 Å². The zero-order valence-electron chi connectivity index (χ0n) is 32.0. The first-order valence-corrected chi connectivity index (χ1v) is 20.8. The number of allylic oxidation sites excluding steroid dienone is 1. The van der Waals surface area contributed by atoms with E-state index in [2.05, 4.69) is 20.3 Å². The minimum absolute atomic E-state index is 0.125. The number of fused-ring (bicyclic) bond motifs is 5. The van der Waals surface area contributed by atoms with E-state index in [-0.39, 0.29) is 44.4 Å².